The fourth-order valence-corrected chi connectivity index (χ4v) is 2.35. The van der Waals surface area contributed by atoms with Crippen molar-refractivity contribution in [2.45, 2.75) is 0 Å². The molecular formula is C28H18N3O3Re-. The van der Waals surface area contributed by atoms with E-state index in [0.29, 0.717) is 0 Å². The minimum Gasteiger partial charge on any atom is -0.796 e. The summed E-state index contributed by atoms with van der Waals surface area (Å²) in [5.74, 6) is 5.64. The normalized spacial score (nSPS) is 7.60. The van der Waals surface area contributed by atoms with Crippen LogP contribution in [0.2, 0.25) is 0 Å². The number of nitrogens with zero attached hydrogens (tertiary/aromatic N) is 3. The van der Waals surface area contributed by atoms with Crippen molar-refractivity contribution in [2.75, 3.05) is 0 Å². The molecule has 0 amide bonds. The van der Waals surface area contributed by atoms with Gasteiger partial charge in [0, 0.05) is 38.4 Å². The molecule has 35 heavy (non-hydrogen) atoms. The maximum absolute atomic E-state index is 9.72. The Labute approximate surface area is 218 Å². The van der Waals surface area contributed by atoms with Crippen LogP contribution in [0.5, 0.6) is 0 Å². The van der Waals surface area contributed by atoms with E-state index in [0.717, 1.165) is 22.5 Å². The molecule has 0 aliphatic heterocycles. The quantitative estimate of drug-likeness (QED) is 0.133. The van der Waals surface area contributed by atoms with E-state index in [1.165, 1.54) is 0 Å². The van der Waals surface area contributed by atoms with Gasteiger partial charge in [0.05, 0.1) is 11.4 Å². The van der Waals surface area contributed by atoms with Crippen LogP contribution in [0.15, 0.2) is 109 Å². The molecule has 0 atom stereocenters. The fourth-order valence-electron chi connectivity index (χ4n) is 2.35. The van der Waals surface area contributed by atoms with E-state index in [2.05, 4.69) is 41.8 Å². The molecule has 0 saturated carbocycles. The Bertz CT molecular complexity index is 1150. The van der Waals surface area contributed by atoms with Crippen LogP contribution in [0.4, 0.5) is 0 Å². The zero-order valence-electron chi connectivity index (χ0n) is 18.3. The zero-order chi connectivity index (χ0) is 25.4. The first-order valence-electron chi connectivity index (χ1n) is 9.45. The molecule has 0 spiro atoms. The molecule has 0 bridgehead atoms. The van der Waals surface area contributed by atoms with Gasteiger partial charge in [-0.1, -0.05) is 78.2 Å². The van der Waals surface area contributed by atoms with Gasteiger partial charge in [0.15, 0.2) is 0 Å². The minimum atomic E-state index is 0. The number of hydrogen-bond donors (Lipinski definition) is 0. The smallest absolute Gasteiger partial charge is 0.0886 e. The zero-order valence-corrected chi connectivity index (χ0v) is 21.1. The predicted molar refractivity (Wildman–Crippen MR) is 126 cm³/mol. The van der Waals surface area contributed by atoms with E-state index in [9.17, 15) is 5.41 Å². The van der Waals surface area contributed by atoms with Gasteiger partial charge in [0.25, 0.3) is 0 Å². The maximum atomic E-state index is 9.72. The van der Waals surface area contributed by atoms with Crippen molar-refractivity contribution < 1.29 is 34.4 Å². The summed E-state index contributed by atoms with van der Waals surface area (Å²) < 4.78 is 22.5. The van der Waals surface area contributed by atoms with Crippen molar-refractivity contribution in [3.05, 3.63) is 146 Å². The van der Waals surface area contributed by atoms with Crippen molar-refractivity contribution in [3.63, 3.8) is 0 Å². The third-order valence-electron chi connectivity index (χ3n) is 3.74. The second kappa shape index (κ2) is 23.0. The van der Waals surface area contributed by atoms with Gasteiger partial charge in [0.1, 0.15) is 0 Å². The van der Waals surface area contributed by atoms with E-state index in [1.54, 1.807) is 12.4 Å². The first-order chi connectivity index (χ1) is 16.8. The van der Waals surface area contributed by atoms with Gasteiger partial charge in [-0.25, -0.2) is 0 Å². The molecule has 171 valence electrons. The standard InChI is InChI=1S/C15H10N.C10H8N2.3CO.Re/c16-15(14-9-5-2-6-10-14)12-11-13-7-3-1-4-8-13;1-3-7-11-9(5-1)10-6-2-4-8-12-10;3*1-2;/h1-10H;1-8H;;;;/q-1;;;;;. The van der Waals surface area contributed by atoms with Crippen molar-refractivity contribution in [1.82, 2.24) is 9.97 Å². The first kappa shape index (κ1) is 33.0. The van der Waals surface area contributed by atoms with E-state index >= 15 is 0 Å². The summed E-state index contributed by atoms with van der Waals surface area (Å²) in [7, 11) is 0. The SMILES string of the molecule is [C-]#[O+].[C-]#[O+].[C-]#[O+].[N-]=C(C#Cc1ccccc1)c1ccccc1.[Re].c1ccc(-c2ccccn2)nc1. The Morgan fingerprint density at radius 3 is 1.40 bits per heavy atom. The predicted octanol–water partition coefficient (Wildman–Crippen LogP) is 5.13. The third-order valence-corrected chi connectivity index (χ3v) is 3.74. The van der Waals surface area contributed by atoms with Crippen LogP contribution in [-0.2, 0) is 34.4 Å². The van der Waals surface area contributed by atoms with Gasteiger partial charge in [-0.3, -0.25) is 9.97 Å². The Morgan fingerprint density at radius 1 is 0.600 bits per heavy atom. The number of aromatic nitrogens is 2. The van der Waals surface area contributed by atoms with Crippen LogP contribution >= 0.6 is 0 Å². The molecule has 7 heteroatoms. The van der Waals surface area contributed by atoms with Crippen molar-refractivity contribution in [3.8, 4) is 23.2 Å². The van der Waals surface area contributed by atoms with Crippen LogP contribution in [0.1, 0.15) is 11.1 Å². The van der Waals surface area contributed by atoms with Gasteiger partial charge in [-0.05, 0) is 42.0 Å². The molecule has 0 aliphatic rings. The third kappa shape index (κ3) is 13.9. The van der Waals surface area contributed by atoms with Crippen LogP contribution < -0.4 is 0 Å². The second-order valence-corrected chi connectivity index (χ2v) is 5.76. The van der Waals surface area contributed by atoms with Gasteiger partial charge in [-0.15, -0.1) is 0 Å². The van der Waals surface area contributed by atoms with E-state index in [-0.39, 0.29) is 26.1 Å². The molecule has 2 aromatic carbocycles. The summed E-state index contributed by atoms with van der Waals surface area (Å²) >= 11 is 0. The average Bonchev–Trinajstić information content (AvgIpc) is 2.97. The maximum Gasteiger partial charge on any atom is 0.0886 e. The first-order valence-corrected chi connectivity index (χ1v) is 9.45. The van der Waals surface area contributed by atoms with Crippen molar-refractivity contribution in [1.29, 1.82) is 0 Å². The van der Waals surface area contributed by atoms with Crippen LogP contribution in [0.25, 0.3) is 16.8 Å². The van der Waals surface area contributed by atoms with Gasteiger partial charge in [-0.2, -0.15) is 0 Å². The fraction of sp³-hybridized carbons (Fsp3) is 0. The molecule has 0 saturated heterocycles. The summed E-state index contributed by atoms with van der Waals surface area (Å²) in [5, 5.41) is 9.72. The molecule has 6 nitrogen and oxygen atoms in total. The summed E-state index contributed by atoms with van der Waals surface area (Å²) in [6.45, 7) is 13.5. The largest absolute Gasteiger partial charge is 0.796 e. The average molecular weight is 631 g/mol. The van der Waals surface area contributed by atoms with Gasteiger partial charge < -0.3 is 5.41 Å². The number of hydrogen-bond acceptors (Lipinski definition) is 2. The number of benzene rings is 2. The molecule has 1 radical (unpaired) electrons. The Balaban J connectivity index is 0. The molecule has 2 heterocycles. The molecular weight excluding hydrogens is 613 g/mol. The number of rotatable bonds is 2. The summed E-state index contributed by atoms with van der Waals surface area (Å²) in [6, 6.07) is 30.5. The Hall–Kier alpha value is -4.15. The molecule has 0 unspecified atom stereocenters. The molecule has 2 aromatic heterocycles. The second-order valence-electron chi connectivity index (χ2n) is 5.76. The van der Waals surface area contributed by atoms with E-state index < -0.39 is 0 Å². The molecule has 0 aliphatic carbocycles. The minimum absolute atomic E-state index is 0. The topological polar surface area (TPSA) is 108 Å². The van der Waals surface area contributed by atoms with Crippen LogP contribution in [-0.4, -0.2) is 15.7 Å². The van der Waals surface area contributed by atoms with Crippen molar-refractivity contribution in [2.24, 2.45) is 0 Å². The van der Waals surface area contributed by atoms with Crippen LogP contribution in [0.3, 0.4) is 0 Å². The Morgan fingerprint density at radius 2 is 1.00 bits per heavy atom. The summed E-state index contributed by atoms with van der Waals surface area (Å²) in [6.07, 6.45) is 3.54. The van der Waals surface area contributed by atoms with Crippen LogP contribution in [0, 0.1) is 31.8 Å². The van der Waals surface area contributed by atoms with E-state index in [1.807, 2.05) is 97.1 Å². The molecule has 0 N–H and O–H groups in total. The summed E-state index contributed by atoms with van der Waals surface area (Å²) in [5.41, 5.74) is 3.57. The van der Waals surface area contributed by atoms with E-state index in [4.69, 9.17) is 14.0 Å². The number of pyridine rings is 2. The Kier molecular flexibility index (Phi) is 21.7. The van der Waals surface area contributed by atoms with Gasteiger partial charge in [0.2, 0.25) is 0 Å². The molecule has 4 aromatic rings. The monoisotopic (exact) mass is 631 g/mol. The van der Waals surface area contributed by atoms with Gasteiger partial charge >= 0.3 is 33.9 Å². The van der Waals surface area contributed by atoms with Crippen molar-refractivity contribution >= 4 is 5.71 Å². The molecule has 4 rings (SSSR count). The molecule has 0 fully saturated rings. The summed E-state index contributed by atoms with van der Waals surface area (Å²) in [4.78, 5) is 8.37.